The predicted octanol–water partition coefficient (Wildman–Crippen LogP) is 0.603. The molecule has 11 nitrogen and oxygen atoms in total. The topological polar surface area (TPSA) is 167 Å². The Balaban J connectivity index is 0.000000684. The Bertz CT molecular complexity index is 988. The molecule has 4 heterocycles. The monoisotopic (exact) mass is 632 g/mol. The van der Waals surface area contributed by atoms with Gasteiger partial charge in [0.05, 0.1) is 38.4 Å². The van der Waals surface area contributed by atoms with Crippen LogP contribution in [0.25, 0.3) is 0 Å². The van der Waals surface area contributed by atoms with E-state index in [1.54, 1.807) is 49.6 Å². The van der Waals surface area contributed by atoms with Gasteiger partial charge in [0.15, 0.2) is 0 Å². The number of nitrogens with zero attached hydrogens (tertiary/aromatic N) is 8. The Kier molecular flexibility index (Phi) is 21.6. The van der Waals surface area contributed by atoms with Crippen LogP contribution in [0.3, 0.4) is 0 Å². The minimum absolute atomic E-state index is 0. The molecule has 0 atom stereocenters. The van der Waals surface area contributed by atoms with Gasteiger partial charge in [0, 0.05) is 32.0 Å². The van der Waals surface area contributed by atoms with Crippen molar-refractivity contribution in [2.24, 2.45) is 20.0 Å². The zero-order valence-electron chi connectivity index (χ0n) is 21.8. The van der Waals surface area contributed by atoms with E-state index in [0.29, 0.717) is 26.2 Å². The second kappa shape index (κ2) is 23.5. The zero-order valence-corrected chi connectivity index (χ0v) is 23.7. The third-order valence-corrected chi connectivity index (χ3v) is 4.47. The van der Waals surface area contributed by atoms with Crippen LogP contribution < -0.4 is 19.9 Å². The van der Waals surface area contributed by atoms with Gasteiger partial charge in [-0.1, -0.05) is 48.5 Å². The number of aromatic nitrogens is 4. The van der Waals surface area contributed by atoms with Crippen molar-refractivity contribution >= 4 is 24.9 Å². The van der Waals surface area contributed by atoms with Gasteiger partial charge >= 0.3 is 33.0 Å². The van der Waals surface area contributed by atoms with Crippen LogP contribution in [0.4, 0.5) is 0 Å². The van der Waals surface area contributed by atoms with Gasteiger partial charge in [-0.15, -0.1) is 22.8 Å². The molecule has 0 aromatic carbocycles. The summed E-state index contributed by atoms with van der Waals surface area (Å²) in [5.41, 5.74) is 3.19. The minimum atomic E-state index is -0.581. The normalized spacial score (nSPS) is 12.4. The van der Waals surface area contributed by atoms with Crippen molar-refractivity contribution in [3.63, 3.8) is 0 Å². The molecule has 0 aliphatic carbocycles. The minimum Gasteiger partial charge on any atom is -0.663 e. The van der Waals surface area contributed by atoms with Gasteiger partial charge in [-0.2, -0.15) is 24.8 Å². The maximum atomic E-state index is 9.64. The van der Waals surface area contributed by atoms with E-state index in [4.69, 9.17) is 5.11 Å². The maximum Gasteiger partial charge on any atom is 2.00 e. The Hall–Kier alpha value is -3.33. The first-order valence-corrected chi connectivity index (χ1v) is 11.8. The smallest absolute Gasteiger partial charge is 0.663 e. The SMILES string of the molecule is CO.OC(CN=Cc1ccc[n-]1)CN=Cc1ccc[n-]1.OC(CN=Cc1ccc[n-]1)CN=Cc1ccc[n-]1.[Ni+2].[Ni+2]. The fourth-order valence-electron chi connectivity index (χ4n) is 2.75. The fraction of sp³-hybridized carbons (Fsp3) is 0.259. The summed E-state index contributed by atoms with van der Waals surface area (Å²) in [6.07, 6.45) is 12.2. The molecule has 0 fully saturated rings. The van der Waals surface area contributed by atoms with Gasteiger partial charge in [0.25, 0.3) is 0 Å². The van der Waals surface area contributed by atoms with Crippen LogP contribution in [0.1, 0.15) is 22.8 Å². The molecule has 0 unspecified atom stereocenters. The van der Waals surface area contributed by atoms with Gasteiger partial charge in [-0.3, -0.25) is 20.0 Å². The van der Waals surface area contributed by atoms with E-state index in [9.17, 15) is 10.2 Å². The first-order chi connectivity index (χ1) is 18.7. The van der Waals surface area contributed by atoms with Gasteiger partial charge < -0.3 is 35.3 Å². The average Bonchev–Trinajstić information content (AvgIpc) is 3.75. The van der Waals surface area contributed by atoms with Crippen molar-refractivity contribution in [3.8, 4) is 0 Å². The molecule has 3 N–H and O–H groups in total. The van der Waals surface area contributed by atoms with E-state index >= 15 is 0 Å². The first-order valence-electron chi connectivity index (χ1n) is 11.8. The number of hydrogen-bond acceptors (Lipinski definition) is 7. The number of hydrogen-bond donors (Lipinski definition) is 3. The maximum absolute atomic E-state index is 9.64. The Labute approximate surface area is 254 Å². The molecule has 218 valence electrons. The number of aliphatic imine (C=N–C) groups is 4. The van der Waals surface area contributed by atoms with E-state index in [1.807, 2.05) is 48.5 Å². The van der Waals surface area contributed by atoms with Gasteiger partial charge in [-0.25, -0.2) is 0 Å². The van der Waals surface area contributed by atoms with Gasteiger partial charge in [0.1, 0.15) is 0 Å². The van der Waals surface area contributed by atoms with E-state index in [2.05, 4.69) is 39.9 Å². The molecule has 4 aromatic rings. The van der Waals surface area contributed by atoms with Crippen LogP contribution in [-0.2, 0) is 33.0 Å². The third kappa shape index (κ3) is 16.6. The molecule has 13 heteroatoms. The summed E-state index contributed by atoms with van der Waals surface area (Å²) >= 11 is 0. The van der Waals surface area contributed by atoms with E-state index in [1.165, 1.54) is 0 Å². The Morgan fingerprint density at radius 3 is 0.925 bits per heavy atom. The van der Waals surface area contributed by atoms with Gasteiger partial charge in [0.2, 0.25) is 0 Å². The van der Waals surface area contributed by atoms with Crippen molar-refractivity contribution in [3.05, 3.63) is 96.1 Å². The van der Waals surface area contributed by atoms with E-state index < -0.39 is 12.2 Å². The van der Waals surface area contributed by atoms with Crippen LogP contribution in [0.15, 0.2) is 93.3 Å². The summed E-state index contributed by atoms with van der Waals surface area (Å²) in [7, 11) is 1.00. The molecule has 0 amide bonds. The van der Waals surface area contributed by atoms with Crippen molar-refractivity contribution < 1.29 is 48.3 Å². The molecule has 0 saturated heterocycles. The number of rotatable bonds is 12. The Morgan fingerprint density at radius 2 is 0.750 bits per heavy atom. The second-order valence-corrected chi connectivity index (χ2v) is 7.53. The largest absolute Gasteiger partial charge is 2.00 e. The van der Waals surface area contributed by atoms with Crippen molar-refractivity contribution in [2.75, 3.05) is 33.3 Å². The van der Waals surface area contributed by atoms with Crippen LogP contribution in [-0.4, -0.2) is 85.7 Å². The molecular formula is C27H32N8Ni2O3. The summed E-state index contributed by atoms with van der Waals surface area (Å²) in [5.74, 6) is 0. The average molecular weight is 634 g/mol. The molecule has 0 aliphatic rings. The van der Waals surface area contributed by atoms with E-state index in [-0.39, 0.29) is 33.0 Å². The molecule has 4 aromatic heterocycles. The summed E-state index contributed by atoms with van der Waals surface area (Å²) in [4.78, 5) is 32.6. The zero-order chi connectivity index (χ0) is 27.3. The standard InChI is InChI=1S/2C13H14N4O.CH4O.2Ni/c2*18-13(9-14-7-11-3-1-5-16-11)10-15-8-12-4-2-6-17-12;1-2;;/h2*1-8,13,18H,9-10H2;2H,1H3;;/q2*-2;;2*+2. The molecule has 0 aliphatic heterocycles. The van der Waals surface area contributed by atoms with Crippen LogP contribution >= 0.6 is 0 Å². The summed E-state index contributed by atoms with van der Waals surface area (Å²) in [6.45, 7) is 1.27. The quantitative estimate of drug-likeness (QED) is 0.152. The molecule has 0 saturated carbocycles. The number of aliphatic hydroxyl groups is 3. The summed E-state index contributed by atoms with van der Waals surface area (Å²) in [5, 5.41) is 26.3. The van der Waals surface area contributed by atoms with Crippen molar-refractivity contribution in [1.29, 1.82) is 0 Å². The van der Waals surface area contributed by atoms with Crippen molar-refractivity contribution in [1.82, 2.24) is 19.9 Å². The van der Waals surface area contributed by atoms with Crippen LogP contribution in [0, 0.1) is 0 Å². The van der Waals surface area contributed by atoms with Crippen LogP contribution in [0.5, 0.6) is 0 Å². The van der Waals surface area contributed by atoms with Gasteiger partial charge in [-0.05, 0) is 0 Å². The first kappa shape index (κ1) is 36.7. The summed E-state index contributed by atoms with van der Waals surface area (Å²) in [6, 6.07) is 14.8. The molecule has 4 rings (SSSR count). The summed E-state index contributed by atoms with van der Waals surface area (Å²) < 4.78 is 0. The fourth-order valence-corrected chi connectivity index (χ4v) is 2.75. The van der Waals surface area contributed by atoms with Crippen LogP contribution in [0.2, 0.25) is 0 Å². The predicted molar refractivity (Wildman–Crippen MR) is 149 cm³/mol. The van der Waals surface area contributed by atoms with Crippen molar-refractivity contribution in [2.45, 2.75) is 12.2 Å². The van der Waals surface area contributed by atoms with E-state index in [0.717, 1.165) is 29.9 Å². The molecule has 0 bridgehead atoms. The molecule has 0 spiro atoms. The third-order valence-electron chi connectivity index (χ3n) is 4.47. The number of aliphatic hydroxyl groups excluding tert-OH is 3. The second-order valence-electron chi connectivity index (χ2n) is 7.53. The molecule has 40 heavy (non-hydrogen) atoms. The molecular weight excluding hydrogens is 602 g/mol. The Morgan fingerprint density at radius 1 is 0.525 bits per heavy atom. The molecule has 0 radical (unpaired) electrons.